The molecular formula is C21H21BrF3N3O3. The number of likely N-dealkylation sites (tertiary alicyclic amines) is 1. The van der Waals surface area contributed by atoms with E-state index in [1.54, 1.807) is 29.2 Å². The lowest BCUT2D eigenvalue weighted by atomic mass is 9.84. The molecule has 1 aliphatic carbocycles. The Morgan fingerprint density at radius 1 is 1.16 bits per heavy atom. The first-order valence-corrected chi connectivity index (χ1v) is 10.9. The van der Waals surface area contributed by atoms with Crippen molar-refractivity contribution in [1.82, 2.24) is 14.7 Å². The normalized spacial score (nSPS) is 19.9. The van der Waals surface area contributed by atoms with Gasteiger partial charge in [0, 0.05) is 23.1 Å². The fourth-order valence-corrected chi connectivity index (χ4v) is 4.91. The van der Waals surface area contributed by atoms with Crippen LogP contribution in [0.4, 0.5) is 13.2 Å². The molecule has 0 bridgehead atoms. The topological polar surface area (TPSA) is 75.4 Å². The van der Waals surface area contributed by atoms with Crippen molar-refractivity contribution in [1.29, 1.82) is 0 Å². The van der Waals surface area contributed by atoms with E-state index in [2.05, 4.69) is 21.0 Å². The highest BCUT2D eigenvalue weighted by atomic mass is 79.9. The van der Waals surface area contributed by atoms with Gasteiger partial charge in [0.2, 0.25) is 5.91 Å². The highest BCUT2D eigenvalue weighted by Gasteiger charge is 2.44. The molecule has 2 aliphatic rings. The molecule has 166 valence electrons. The lowest BCUT2D eigenvalue weighted by Gasteiger charge is -2.34. The Bertz CT molecular complexity index is 1010. The minimum atomic E-state index is -4.62. The van der Waals surface area contributed by atoms with Crippen LogP contribution in [-0.4, -0.2) is 44.8 Å². The average Bonchev–Trinajstić information content (AvgIpc) is 3.14. The average molecular weight is 500 g/mol. The summed E-state index contributed by atoms with van der Waals surface area (Å²) in [6.45, 7) is 0.581. The summed E-state index contributed by atoms with van der Waals surface area (Å²) in [6.07, 6.45) is -2.82. The number of hydrogen-bond acceptors (Lipinski definition) is 3. The van der Waals surface area contributed by atoms with Gasteiger partial charge in [0.05, 0.1) is 23.2 Å². The predicted octanol–water partition coefficient (Wildman–Crippen LogP) is 4.40. The maximum atomic E-state index is 13.7. The Balaban J connectivity index is 1.74. The molecule has 1 fully saturated rings. The number of piperidine rings is 1. The van der Waals surface area contributed by atoms with Gasteiger partial charge in [-0.25, -0.2) is 4.68 Å². The summed E-state index contributed by atoms with van der Waals surface area (Å²) in [4.78, 5) is 26.1. The van der Waals surface area contributed by atoms with Crippen molar-refractivity contribution in [3.8, 4) is 5.69 Å². The number of aliphatic carboxylic acids is 1. The van der Waals surface area contributed by atoms with Gasteiger partial charge < -0.3 is 10.0 Å². The van der Waals surface area contributed by atoms with Gasteiger partial charge in [0.15, 0.2) is 5.69 Å². The van der Waals surface area contributed by atoms with Gasteiger partial charge in [-0.3, -0.25) is 9.59 Å². The molecule has 1 aromatic carbocycles. The number of hydrogen-bond donors (Lipinski definition) is 1. The quantitative estimate of drug-likeness (QED) is 0.679. The number of carboxylic acids is 1. The molecule has 6 nitrogen and oxygen atoms in total. The van der Waals surface area contributed by atoms with Crippen LogP contribution in [0.15, 0.2) is 28.7 Å². The maximum Gasteiger partial charge on any atom is 0.435 e. The van der Waals surface area contributed by atoms with Gasteiger partial charge in [0.25, 0.3) is 0 Å². The number of carbonyl (C=O) groups is 2. The van der Waals surface area contributed by atoms with E-state index in [9.17, 15) is 27.9 Å². The SMILES string of the molecule is O=C(O)C1CCN(C(=O)C2CCCc3c(C(F)(F)F)nn(-c4cccc(Br)c4)c32)CC1. The number of benzene rings is 1. The molecule has 4 rings (SSSR count). The van der Waals surface area contributed by atoms with Gasteiger partial charge in [-0.05, 0) is 50.3 Å². The summed E-state index contributed by atoms with van der Waals surface area (Å²) in [5.74, 6) is -2.37. The van der Waals surface area contributed by atoms with Crippen molar-refractivity contribution in [2.24, 2.45) is 5.92 Å². The Morgan fingerprint density at radius 2 is 1.87 bits per heavy atom. The second-order valence-electron chi connectivity index (χ2n) is 7.98. The summed E-state index contributed by atoms with van der Waals surface area (Å²) in [5, 5.41) is 13.1. The van der Waals surface area contributed by atoms with Gasteiger partial charge in [-0.1, -0.05) is 22.0 Å². The number of halogens is 4. The fourth-order valence-electron chi connectivity index (χ4n) is 4.53. The van der Waals surface area contributed by atoms with E-state index < -0.39 is 29.7 Å². The van der Waals surface area contributed by atoms with Crippen molar-refractivity contribution < 1.29 is 27.9 Å². The number of carboxylic acid groups (broad SMARTS) is 1. The first-order chi connectivity index (χ1) is 14.7. The Hall–Kier alpha value is -2.36. The van der Waals surface area contributed by atoms with Crippen LogP contribution in [0.3, 0.4) is 0 Å². The Morgan fingerprint density at radius 3 is 2.48 bits per heavy atom. The lowest BCUT2D eigenvalue weighted by Crippen LogP contribution is -2.43. The van der Waals surface area contributed by atoms with Crippen LogP contribution in [-0.2, 0) is 22.2 Å². The van der Waals surface area contributed by atoms with E-state index in [0.717, 1.165) is 0 Å². The van der Waals surface area contributed by atoms with E-state index in [0.29, 0.717) is 54.6 Å². The zero-order valence-corrected chi connectivity index (χ0v) is 18.1. The third-order valence-corrected chi connectivity index (χ3v) is 6.54. The molecule has 1 N–H and O–H groups in total. The largest absolute Gasteiger partial charge is 0.481 e. The van der Waals surface area contributed by atoms with Crippen LogP contribution in [0.2, 0.25) is 0 Å². The fraction of sp³-hybridized carbons (Fsp3) is 0.476. The minimum Gasteiger partial charge on any atom is -0.481 e. The minimum absolute atomic E-state index is 0.0810. The summed E-state index contributed by atoms with van der Waals surface area (Å²) in [7, 11) is 0. The van der Waals surface area contributed by atoms with E-state index in [-0.39, 0.29) is 17.9 Å². The van der Waals surface area contributed by atoms with Gasteiger partial charge in [-0.15, -0.1) is 0 Å². The summed E-state index contributed by atoms with van der Waals surface area (Å²) in [5.41, 5.74) is -0.116. The third kappa shape index (κ3) is 4.22. The molecule has 0 saturated carbocycles. The van der Waals surface area contributed by atoms with E-state index in [1.807, 2.05) is 0 Å². The molecule has 1 atom stereocenters. The number of alkyl halides is 3. The van der Waals surface area contributed by atoms with Crippen LogP contribution in [0.1, 0.15) is 48.6 Å². The van der Waals surface area contributed by atoms with Crippen LogP contribution in [0, 0.1) is 5.92 Å². The molecule has 2 heterocycles. The standard InChI is InChI=1S/C21H21BrF3N3O3/c22-13-3-1-4-14(11-13)28-17-15(18(26-28)21(23,24)25)5-2-6-16(17)19(29)27-9-7-12(8-10-27)20(30)31/h1,3-4,11-12,16H,2,5-10H2,(H,30,31). The lowest BCUT2D eigenvalue weighted by molar-refractivity contribution is -0.146. The van der Waals surface area contributed by atoms with Crippen LogP contribution in [0.5, 0.6) is 0 Å². The summed E-state index contributed by atoms with van der Waals surface area (Å²) >= 11 is 3.34. The number of carbonyl (C=O) groups excluding carboxylic acids is 1. The number of amides is 1. The van der Waals surface area contributed by atoms with E-state index >= 15 is 0 Å². The number of aromatic nitrogens is 2. The van der Waals surface area contributed by atoms with Crippen LogP contribution < -0.4 is 0 Å². The molecule has 1 aliphatic heterocycles. The summed E-state index contributed by atoms with van der Waals surface area (Å²) in [6, 6.07) is 6.80. The zero-order chi connectivity index (χ0) is 22.3. The van der Waals surface area contributed by atoms with Crippen LogP contribution in [0.25, 0.3) is 5.69 Å². The molecule has 1 saturated heterocycles. The Labute approximate surface area is 185 Å². The van der Waals surface area contributed by atoms with Crippen molar-refractivity contribution in [3.05, 3.63) is 45.7 Å². The molecule has 1 amide bonds. The Kier molecular flexibility index (Phi) is 5.85. The van der Waals surface area contributed by atoms with E-state index in [1.165, 1.54) is 4.68 Å². The molecule has 0 radical (unpaired) electrons. The molecule has 2 aromatic rings. The van der Waals surface area contributed by atoms with Crippen molar-refractivity contribution in [2.75, 3.05) is 13.1 Å². The highest BCUT2D eigenvalue weighted by Crippen LogP contribution is 2.42. The first-order valence-electron chi connectivity index (χ1n) is 10.1. The second kappa shape index (κ2) is 8.29. The van der Waals surface area contributed by atoms with Crippen LogP contribution >= 0.6 is 15.9 Å². The molecule has 1 aromatic heterocycles. The van der Waals surface area contributed by atoms with E-state index in [4.69, 9.17) is 0 Å². The van der Waals surface area contributed by atoms with Gasteiger partial charge in [-0.2, -0.15) is 18.3 Å². The number of nitrogens with zero attached hydrogens (tertiary/aromatic N) is 3. The first kappa shape index (κ1) is 21.9. The van der Waals surface area contributed by atoms with Gasteiger partial charge in [0.1, 0.15) is 0 Å². The monoisotopic (exact) mass is 499 g/mol. The molecule has 10 heteroatoms. The molecule has 1 unspecified atom stereocenters. The smallest absolute Gasteiger partial charge is 0.435 e. The van der Waals surface area contributed by atoms with Gasteiger partial charge >= 0.3 is 12.1 Å². The van der Waals surface area contributed by atoms with Crippen molar-refractivity contribution in [3.63, 3.8) is 0 Å². The number of rotatable bonds is 3. The van der Waals surface area contributed by atoms with Crippen molar-refractivity contribution >= 4 is 27.8 Å². The second-order valence-corrected chi connectivity index (χ2v) is 8.90. The van der Waals surface area contributed by atoms with Crippen molar-refractivity contribution in [2.45, 2.75) is 44.2 Å². The predicted molar refractivity (Wildman–Crippen MR) is 109 cm³/mol. The molecule has 0 spiro atoms. The highest BCUT2D eigenvalue weighted by molar-refractivity contribution is 9.10. The maximum absolute atomic E-state index is 13.7. The third-order valence-electron chi connectivity index (χ3n) is 6.05. The summed E-state index contributed by atoms with van der Waals surface area (Å²) < 4.78 is 43.2. The molecule has 31 heavy (non-hydrogen) atoms. The number of fused-ring (bicyclic) bond motifs is 1. The zero-order valence-electron chi connectivity index (χ0n) is 16.5. The molecular weight excluding hydrogens is 479 g/mol.